The maximum absolute atomic E-state index is 5.78. The van der Waals surface area contributed by atoms with Crippen LogP contribution in [0.3, 0.4) is 0 Å². The van der Waals surface area contributed by atoms with Gasteiger partial charge in [0.05, 0.1) is 17.7 Å². The molecular weight excluding hydrogens is 196 g/mol. The van der Waals surface area contributed by atoms with Gasteiger partial charge in [-0.25, -0.2) is 0 Å². The number of hydrogen-bond donors (Lipinski definition) is 1. The summed E-state index contributed by atoms with van der Waals surface area (Å²) in [6.07, 6.45) is 6.66. The van der Waals surface area contributed by atoms with Crippen LogP contribution in [-0.4, -0.2) is 23.2 Å². The number of rotatable bonds is 3. The van der Waals surface area contributed by atoms with Crippen LogP contribution in [0, 0.1) is 0 Å². The first-order valence-electron chi connectivity index (χ1n) is 5.18. The topological polar surface area (TPSA) is 34.2 Å². The Balaban J connectivity index is 1.54. The zero-order valence-corrected chi connectivity index (χ0v) is 8.80. The fraction of sp³-hybridized carbons (Fsp3) is 0.700. The number of thiazole rings is 1. The number of hydrogen-bond acceptors (Lipinski definition) is 4. The minimum absolute atomic E-state index is 0.480. The predicted octanol–water partition coefficient (Wildman–Crippen LogP) is 1.55. The minimum atomic E-state index is 0.480. The predicted molar refractivity (Wildman–Crippen MR) is 55.3 cm³/mol. The van der Waals surface area contributed by atoms with Crippen molar-refractivity contribution in [2.75, 3.05) is 0 Å². The van der Waals surface area contributed by atoms with E-state index in [1.165, 1.54) is 24.1 Å². The highest BCUT2D eigenvalue weighted by atomic mass is 32.1. The van der Waals surface area contributed by atoms with Crippen LogP contribution in [0.2, 0.25) is 0 Å². The van der Waals surface area contributed by atoms with E-state index in [1.807, 2.05) is 11.7 Å². The lowest BCUT2D eigenvalue weighted by molar-refractivity contribution is 0.0973. The quantitative estimate of drug-likeness (QED) is 0.822. The van der Waals surface area contributed by atoms with Crippen molar-refractivity contribution in [2.24, 2.45) is 0 Å². The first-order chi connectivity index (χ1) is 6.92. The second-order valence-electron chi connectivity index (χ2n) is 4.06. The Labute approximate surface area is 87.5 Å². The minimum Gasteiger partial charge on any atom is -0.373 e. The number of nitrogens with zero attached hydrogens (tertiary/aromatic N) is 1. The molecule has 2 aliphatic heterocycles. The Morgan fingerprint density at radius 3 is 3.21 bits per heavy atom. The normalized spacial score (nSPS) is 35.3. The van der Waals surface area contributed by atoms with Gasteiger partial charge in [0.25, 0.3) is 0 Å². The molecule has 4 heteroatoms. The van der Waals surface area contributed by atoms with Crippen molar-refractivity contribution in [1.82, 2.24) is 10.3 Å². The maximum atomic E-state index is 5.78. The molecule has 0 radical (unpaired) electrons. The smallest absolute Gasteiger partial charge is 0.0794 e. The molecule has 14 heavy (non-hydrogen) atoms. The molecule has 2 bridgehead atoms. The Hall–Kier alpha value is -0.450. The molecule has 76 valence electrons. The third kappa shape index (κ3) is 1.58. The standard InChI is InChI=1S/C10H14N2OS/c1-2-10-9(3-7(1)13-10)12-5-8-4-11-6-14-8/h4,6-7,9-10,12H,1-3,5H2. The second-order valence-corrected chi connectivity index (χ2v) is 5.04. The van der Waals surface area contributed by atoms with Gasteiger partial charge in [0, 0.05) is 23.7 Å². The van der Waals surface area contributed by atoms with Crippen molar-refractivity contribution >= 4 is 11.3 Å². The average molecular weight is 210 g/mol. The van der Waals surface area contributed by atoms with Crippen molar-refractivity contribution in [3.63, 3.8) is 0 Å². The van der Waals surface area contributed by atoms with Crippen LogP contribution in [-0.2, 0) is 11.3 Å². The van der Waals surface area contributed by atoms with Gasteiger partial charge in [0.2, 0.25) is 0 Å². The molecule has 1 N–H and O–H groups in total. The summed E-state index contributed by atoms with van der Waals surface area (Å²) in [5.41, 5.74) is 1.88. The molecule has 0 amide bonds. The zero-order chi connectivity index (χ0) is 9.38. The highest BCUT2D eigenvalue weighted by Crippen LogP contribution is 2.34. The Bertz CT molecular complexity index is 301. The third-order valence-electron chi connectivity index (χ3n) is 3.13. The number of ether oxygens (including phenoxy) is 1. The summed E-state index contributed by atoms with van der Waals surface area (Å²) in [4.78, 5) is 5.38. The monoisotopic (exact) mass is 210 g/mol. The van der Waals surface area contributed by atoms with E-state index < -0.39 is 0 Å². The molecule has 3 unspecified atom stereocenters. The van der Waals surface area contributed by atoms with Crippen LogP contribution in [0.4, 0.5) is 0 Å². The first-order valence-corrected chi connectivity index (χ1v) is 6.06. The number of nitrogens with one attached hydrogen (secondary N) is 1. The van der Waals surface area contributed by atoms with Crippen LogP contribution < -0.4 is 5.32 Å². The van der Waals surface area contributed by atoms with E-state index in [0.717, 1.165) is 6.54 Å². The largest absolute Gasteiger partial charge is 0.373 e. The van der Waals surface area contributed by atoms with Gasteiger partial charge in [-0.05, 0) is 19.3 Å². The van der Waals surface area contributed by atoms with Gasteiger partial charge in [-0.2, -0.15) is 0 Å². The van der Waals surface area contributed by atoms with Crippen LogP contribution in [0.25, 0.3) is 0 Å². The fourth-order valence-electron chi connectivity index (χ4n) is 2.41. The summed E-state index contributed by atoms with van der Waals surface area (Å²) in [6, 6.07) is 0.579. The summed E-state index contributed by atoms with van der Waals surface area (Å²) in [5, 5.41) is 3.56. The highest BCUT2D eigenvalue weighted by molar-refractivity contribution is 7.09. The lowest BCUT2D eigenvalue weighted by Gasteiger charge is -2.19. The van der Waals surface area contributed by atoms with Crippen molar-refractivity contribution in [3.8, 4) is 0 Å². The molecule has 1 aromatic heterocycles. The van der Waals surface area contributed by atoms with E-state index in [1.54, 1.807) is 11.3 Å². The Morgan fingerprint density at radius 1 is 1.57 bits per heavy atom. The van der Waals surface area contributed by atoms with Crippen molar-refractivity contribution in [2.45, 2.75) is 44.1 Å². The lowest BCUT2D eigenvalue weighted by atomic mass is 9.95. The number of fused-ring (bicyclic) bond motifs is 2. The molecule has 3 atom stereocenters. The van der Waals surface area contributed by atoms with Gasteiger partial charge in [0.1, 0.15) is 0 Å². The summed E-state index contributed by atoms with van der Waals surface area (Å²) >= 11 is 1.71. The van der Waals surface area contributed by atoms with Gasteiger partial charge >= 0.3 is 0 Å². The molecule has 0 aromatic carbocycles. The van der Waals surface area contributed by atoms with Gasteiger partial charge in [-0.3, -0.25) is 4.98 Å². The van der Waals surface area contributed by atoms with Crippen LogP contribution in [0.15, 0.2) is 11.7 Å². The van der Waals surface area contributed by atoms with Gasteiger partial charge < -0.3 is 10.1 Å². The molecule has 2 saturated heterocycles. The molecule has 0 spiro atoms. The molecule has 2 fully saturated rings. The van der Waals surface area contributed by atoms with E-state index in [9.17, 15) is 0 Å². The summed E-state index contributed by atoms with van der Waals surface area (Å²) in [7, 11) is 0. The van der Waals surface area contributed by atoms with E-state index in [-0.39, 0.29) is 0 Å². The van der Waals surface area contributed by atoms with Crippen molar-refractivity contribution in [3.05, 3.63) is 16.6 Å². The molecular formula is C10H14N2OS. The summed E-state index contributed by atoms with van der Waals surface area (Å²) in [6.45, 7) is 0.946. The van der Waals surface area contributed by atoms with E-state index in [0.29, 0.717) is 18.2 Å². The van der Waals surface area contributed by atoms with Crippen LogP contribution in [0.5, 0.6) is 0 Å². The SMILES string of the molecule is c1ncc(CNC2CC3CCC2O3)s1. The summed E-state index contributed by atoms with van der Waals surface area (Å²) < 4.78 is 5.78. The van der Waals surface area contributed by atoms with Crippen molar-refractivity contribution < 1.29 is 4.74 Å². The molecule has 0 aliphatic carbocycles. The molecule has 3 rings (SSSR count). The zero-order valence-electron chi connectivity index (χ0n) is 7.98. The third-order valence-corrected chi connectivity index (χ3v) is 3.91. The molecule has 2 aliphatic rings. The number of aromatic nitrogens is 1. The molecule has 3 heterocycles. The Morgan fingerprint density at radius 2 is 2.57 bits per heavy atom. The fourth-order valence-corrected chi connectivity index (χ4v) is 2.96. The molecule has 1 aromatic rings. The summed E-state index contributed by atoms with van der Waals surface area (Å²) in [5.74, 6) is 0. The van der Waals surface area contributed by atoms with E-state index >= 15 is 0 Å². The van der Waals surface area contributed by atoms with Crippen LogP contribution in [0.1, 0.15) is 24.1 Å². The molecule has 0 saturated carbocycles. The van der Waals surface area contributed by atoms with Gasteiger partial charge in [-0.15, -0.1) is 11.3 Å². The van der Waals surface area contributed by atoms with Crippen LogP contribution >= 0.6 is 11.3 Å². The highest BCUT2D eigenvalue weighted by Gasteiger charge is 2.40. The lowest BCUT2D eigenvalue weighted by Crippen LogP contribution is -2.36. The molecule has 3 nitrogen and oxygen atoms in total. The van der Waals surface area contributed by atoms with E-state index in [2.05, 4.69) is 10.3 Å². The van der Waals surface area contributed by atoms with Gasteiger partial charge in [-0.1, -0.05) is 0 Å². The van der Waals surface area contributed by atoms with Crippen molar-refractivity contribution in [1.29, 1.82) is 0 Å². The maximum Gasteiger partial charge on any atom is 0.0794 e. The van der Waals surface area contributed by atoms with E-state index in [4.69, 9.17) is 4.74 Å². The Kier molecular flexibility index (Phi) is 2.27. The first kappa shape index (κ1) is 8.83. The second kappa shape index (κ2) is 3.61. The van der Waals surface area contributed by atoms with Gasteiger partial charge in [0.15, 0.2) is 0 Å². The average Bonchev–Trinajstić information content (AvgIpc) is 2.91.